The van der Waals surface area contributed by atoms with Crippen LogP contribution in [0.15, 0.2) is 59.1 Å². The van der Waals surface area contributed by atoms with Gasteiger partial charge in [0.1, 0.15) is 6.04 Å². The van der Waals surface area contributed by atoms with Gasteiger partial charge in [-0.1, -0.05) is 58.4 Å². The molecule has 1 amide bonds. The third-order valence-corrected chi connectivity index (χ3v) is 3.37. The van der Waals surface area contributed by atoms with Crippen molar-refractivity contribution >= 4 is 21.8 Å². The van der Waals surface area contributed by atoms with E-state index in [1.165, 1.54) is 0 Å². The SMILES string of the molecule is NC(=O)C(NCc1ccccc1)c1ccc(Br)cc1. The van der Waals surface area contributed by atoms with Crippen molar-refractivity contribution in [2.45, 2.75) is 12.6 Å². The van der Waals surface area contributed by atoms with Gasteiger partial charge in [0, 0.05) is 11.0 Å². The van der Waals surface area contributed by atoms with Gasteiger partial charge in [-0.15, -0.1) is 0 Å². The standard InChI is InChI=1S/C15H15BrN2O/c16-13-8-6-12(7-9-13)14(15(17)19)18-10-11-4-2-1-3-5-11/h1-9,14,18H,10H2,(H2,17,19). The summed E-state index contributed by atoms with van der Waals surface area (Å²) in [6.45, 7) is 0.602. The molecule has 1 unspecified atom stereocenters. The van der Waals surface area contributed by atoms with Crippen LogP contribution in [0.5, 0.6) is 0 Å². The number of hydrogen-bond acceptors (Lipinski definition) is 2. The van der Waals surface area contributed by atoms with E-state index in [9.17, 15) is 4.79 Å². The fourth-order valence-electron chi connectivity index (χ4n) is 1.85. The average Bonchev–Trinajstić information content (AvgIpc) is 2.42. The maximum atomic E-state index is 11.6. The molecule has 0 saturated carbocycles. The van der Waals surface area contributed by atoms with Crippen molar-refractivity contribution < 1.29 is 4.79 Å². The summed E-state index contributed by atoms with van der Waals surface area (Å²) in [4.78, 5) is 11.6. The van der Waals surface area contributed by atoms with Gasteiger partial charge in [0.05, 0.1) is 0 Å². The second-order valence-corrected chi connectivity index (χ2v) is 5.17. The molecular formula is C15H15BrN2O. The van der Waals surface area contributed by atoms with E-state index in [0.29, 0.717) is 6.54 Å². The van der Waals surface area contributed by atoms with Crippen molar-refractivity contribution in [2.24, 2.45) is 5.73 Å². The number of carbonyl (C=O) groups excluding carboxylic acids is 1. The Morgan fingerprint density at radius 1 is 1.11 bits per heavy atom. The maximum absolute atomic E-state index is 11.6. The Hall–Kier alpha value is -1.65. The van der Waals surface area contributed by atoms with Crippen molar-refractivity contribution in [3.05, 3.63) is 70.2 Å². The molecule has 2 aromatic rings. The molecule has 0 radical (unpaired) electrons. The van der Waals surface area contributed by atoms with E-state index < -0.39 is 6.04 Å². The van der Waals surface area contributed by atoms with Gasteiger partial charge in [0.2, 0.25) is 5.91 Å². The monoisotopic (exact) mass is 318 g/mol. The molecule has 0 aliphatic heterocycles. The average molecular weight is 319 g/mol. The number of amides is 1. The summed E-state index contributed by atoms with van der Waals surface area (Å²) in [6, 6.07) is 17.0. The van der Waals surface area contributed by atoms with E-state index in [1.54, 1.807) is 0 Å². The first-order valence-corrected chi connectivity index (χ1v) is 6.78. The van der Waals surface area contributed by atoms with E-state index in [0.717, 1.165) is 15.6 Å². The van der Waals surface area contributed by atoms with E-state index in [2.05, 4.69) is 21.2 Å². The highest BCUT2D eigenvalue weighted by atomic mass is 79.9. The molecule has 0 aliphatic carbocycles. The topological polar surface area (TPSA) is 55.1 Å². The maximum Gasteiger partial charge on any atom is 0.239 e. The molecule has 98 valence electrons. The summed E-state index contributed by atoms with van der Waals surface area (Å²) in [5.74, 6) is -0.377. The van der Waals surface area contributed by atoms with E-state index >= 15 is 0 Å². The van der Waals surface area contributed by atoms with Gasteiger partial charge in [0.15, 0.2) is 0 Å². The molecule has 2 rings (SSSR count). The molecule has 0 aliphatic rings. The number of benzene rings is 2. The lowest BCUT2D eigenvalue weighted by Crippen LogP contribution is -2.33. The van der Waals surface area contributed by atoms with Gasteiger partial charge < -0.3 is 5.73 Å². The summed E-state index contributed by atoms with van der Waals surface area (Å²) in [5, 5.41) is 3.18. The molecule has 0 aromatic heterocycles. The Balaban J connectivity index is 2.09. The fraction of sp³-hybridized carbons (Fsp3) is 0.133. The van der Waals surface area contributed by atoms with E-state index in [4.69, 9.17) is 5.73 Å². The Morgan fingerprint density at radius 3 is 2.32 bits per heavy atom. The Labute approximate surface area is 121 Å². The van der Waals surface area contributed by atoms with Crippen molar-refractivity contribution in [2.75, 3.05) is 0 Å². The predicted molar refractivity (Wildman–Crippen MR) is 79.4 cm³/mol. The normalized spacial score (nSPS) is 12.1. The van der Waals surface area contributed by atoms with Crippen LogP contribution in [0.2, 0.25) is 0 Å². The quantitative estimate of drug-likeness (QED) is 0.890. The lowest BCUT2D eigenvalue weighted by molar-refractivity contribution is -0.120. The molecule has 0 saturated heterocycles. The highest BCUT2D eigenvalue weighted by Crippen LogP contribution is 2.17. The predicted octanol–water partition coefficient (Wildman–Crippen LogP) is 2.77. The zero-order valence-corrected chi connectivity index (χ0v) is 11.9. The van der Waals surface area contributed by atoms with Crippen LogP contribution in [0.25, 0.3) is 0 Å². The van der Waals surface area contributed by atoms with Crippen LogP contribution in [0, 0.1) is 0 Å². The highest BCUT2D eigenvalue weighted by Gasteiger charge is 2.16. The minimum Gasteiger partial charge on any atom is -0.368 e. The number of carbonyl (C=O) groups is 1. The molecule has 0 heterocycles. The third kappa shape index (κ3) is 3.91. The van der Waals surface area contributed by atoms with Crippen molar-refractivity contribution in [3.63, 3.8) is 0 Å². The van der Waals surface area contributed by atoms with Gasteiger partial charge in [-0.2, -0.15) is 0 Å². The fourth-order valence-corrected chi connectivity index (χ4v) is 2.12. The number of hydrogen-bond donors (Lipinski definition) is 2. The number of primary amides is 1. The number of rotatable bonds is 5. The first-order chi connectivity index (χ1) is 9.16. The molecule has 1 atom stereocenters. The summed E-state index contributed by atoms with van der Waals surface area (Å²) in [7, 11) is 0. The number of halogens is 1. The first kappa shape index (κ1) is 13.8. The first-order valence-electron chi connectivity index (χ1n) is 5.99. The molecule has 3 N–H and O–H groups in total. The Bertz CT molecular complexity index is 540. The highest BCUT2D eigenvalue weighted by molar-refractivity contribution is 9.10. The summed E-state index contributed by atoms with van der Waals surface area (Å²) in [6.07, 6.45) is 0. The van der Waals surface area contributed by atoms with Gasteiger partial charge in [-0.05, 0) is 23.3 Å². The van der Waals surface area contributed by atoms with E-state index in [-0.39, 0.29) is 5.91 Å². The molecular weight excluding hydrogens is 304 g/mol. The largest absolute Gasteiger partial charge is 0.368 e. The van der Waals surface area contributed by atoms with Crippen LogP contribution in [-0.4, -0.2) is 5.91 Å². The number of nitrogens with two attached hydrogens (primary N) is 1. The van der Waals surface area contributed by atoms with Crippen molar-refractivity contribution in [1.82, 2.24) is 5.32 Å². The van der Waals surface area contributed by atoms with Crippen LogP contribution < -0.4 is 11.1 Å². The lowest BCUT2D eigenvalue weighted by Gasteiger charge is -2.16. The molecule has 3 nitrogen and oxygen atoms in total. The summed E-state index contributed by atoms with van der Waals surface area (Å²) in [5.41, 5.74) is 7.44. The van der Waals surface area contributed by atoms with Crippen molar-refractivity contribution in [3.8, 4) is 0 Å². The van der Waals surface area contributed by atoms with Gasteiger partial charge in [-0.25, -0.2) is 0 Å². The lowest BCUT2D eigenvalue weighted by atomic mass is 10.1. The van der Waals surface area contributed by atoms with Crippen LogP contribution in [0.4, 0.5) is 0 Å². The number of nitrogens with one attached hydrogen (secondary N) is 1. The Kier molecular flexibility index (Phi) is 4.71. The van der Waals surface area contributed by atoms with Crippen LogP contribution in [0.1, 0.15) is 17.2 Å². The molecule has 19 heavy (non-hydrogen) atoms. The Morgan fingerprint density at radius 2 is 1.74 bits per heavy atom. The molecule has 2 aromatic carbocycles. The van der Waals surface area contributed by atoms with Gasteiger partial charge in [0.25, 0.3) is 0 Å². The molecule has 0 fully saturated rings. The second-order valence-electron chi connectivity index (χ2n) is 4.25. The minimum absolute atomic E-state index is 0.377. The zero-order valence-electron chi connectivity index (χ0n) is 10.3. The summed E-state index contributed by atoms with van der Waals surface area (Å²) < 4.78 is 0.975. The van der Waals surface area contributed by atoms with Crippen molar-refractivity contribution in [1.29, 1.82) is 0 Å². The van der Waals surface area contributed by atoms with Gasteiger partial charge in [-0.3, -0.25) is 10.1 Å². The molecule has 0 spiro atoms. The zero-order chi connectivity index (χ0) is 13.7. The van der Waals surface area contributed by atoms with Crippen LogP contribution >= 0.6 is 15.9 Å². The molecule has 4 heteroatoms. The summed E-state index contributed by atoms with van der Waals surface area (Å²) >= 11 is 3.37. The minimum atomic E-state index is -0.478. The van der Waals surface area contributed by atoms with Crippen LogP contribution in [-0.2, 0) is 11.3 Å². The molecule has 0 bridgehead atoms. The third-order valence-electron chi connectivity index (χ3n) is 2.84. The van der Waals surface area contributed by atoms with Crippen LogP contribution in [0.3, 0.4) is 0 Å². The second kappa shape index (κ2) is 6.50. The van der Waals surface area contributed by atoms with Gasteiger partial charge >= 0.3 is 0 Å². The van der Waals surface area contributed by atoms with E-state index in [1.807, 2.05) is 54.6 Å². The smallest absolute Gasteiger partial charge is 0.239 e.